The molecule has 0 saturated carbocycles. The third-order valence-corrected chi connectivity index (χ3v) is 1.39. The quantitative estimate of drug-likeness (QED) is 0.566. The number of rotatable bonds is 1. The van der Waals surface area contributed by atoms with Crippen LogP contribution in [0.1, 0.15) is 27.2 Å². The first-order valence-electron chi connectivity index (χ1n) is 3.90. The summed E-state index contributed by atoms with van der Waals surface area (Å²) >= 11 is 0. The van der Waals surface area contributed by atoms with Gasteiger partial charge in [0.25, 0.3) is 0 Å². The van der Waals surface area contributed by atoms with Crippen molar-refractivity contribution in [2.75, 3.05) is 6.73 Å². The summed E-state index contributed by atoms with van der Waals surface area (Å²) in [7, 11) is 0. The van der Waals surface area contributed by atoms with E-state index in [-0.39, 0.29) is 0 Å². The smallest absolute Gasteiger partial charge is 0.178 e. The first-order valence-corrected chi connectivity index (χ1v) is 3.90. The molecule has 1 rings (SSSR count). The average Bonchev–Trinajstić information content (AvgIpc) is 1.85. The zero-order chi connectivity index (χ0) is 8.32. The highest BCUT2D eigenvalue weighted by Gasteiger charge is 2.14. The lowest BCUT2D eigenvalue weighted by Gasteiger charge is -2.20. The Bertz CT molecular complexity index is 186. The van der Waals surface area contributed by atoms with Crippen molar-refractivity contribution in [1.82, 2.24) is 0 Å². The molecule has 0 atom stereocenters. The van der Waals surface area contributed by atoms with E-state index >= 15 is 0 Å². The summed E-state index contributed by atoms with van der Waals surface area (Å²) in [6.07, 6.45) is 4.73. The third-order valence-electron chi connectivity index (χ3n) is 1.39. The molecule has 0 bridgehead atoms. The lowest BCUT2D eigenvalue weighted by Crippen LogP contribution is -2.10. The van der Waals surface area contributed by atoms with Gasteiger partial charge < -0.3 is 4.74 Å². The molecule has 0 aromatic rings. The first kappa shape index (κ1) is 8.31. The molecule has 0 aliphatic carbocycles. The van der Waals surface area contributed by atoms with Crippen LogP contribution in [-0.2, 0) is 4.74 Å². The molecular weight excluding hydrogens is 138 g/mol. The van der Waals surface area contributed by atoms with E-state index in [9.17, 15) is 0 Å². The SMILES string of the molecule is CC(C)(C)CC1=CC=NCO1. The summed E-state index contributed by atoms with van der Waals surface area (Å²) < 4.78 is 5.32. The van der Waals surface area contributed by atoms with E-state index in [0.717, 1.165) is 12.2 Å². The van der Waals surface area contributed by atoms with Gasteiger partial charge in [-0.3, -0.25) is 4.99 Å². The van der Waals surface area contributed by atoms with Crippen LogP contribution in [0.25, 0.3) is 0 Å². The molecule has 0 aromatic heterocycles. The van der Waals surface area contributed by atoms with Crippen molar-refractivity contribution in [3.63, 3.8) is 0 Å². The molecule has 1 aliphatic rings. The molecule has 62 valence electrons. The van der Waals surface area contributed by atoms with Gasteiger partial charge in [0, 0.05) is 12.6 Å². The number of ether oxygens (including phenoxy) is 1. The molecule has 11 heavy (non-hydrogen) atoms. The van der Waals surface area contributed by atoms with Gasteiger partial charge in [0.15, 0.2) is 6.73 Å². The van der Waals surface area contributed by atoms with E-state index in [0.29, 0.717) is 12.1 Å². The van der Waals surface area contributed by atoms with Crippen LogP contribution < -0.4 is 0 Å². The lowest BCUT2D eigenvalue weighted by atomic mass is 9.91. The second-order valence-corrected chi connectivity index (χ2v) is 3.98. The minimum atomic E-state index is 0.303. The molecule has 1 heterocycles. The van der Waals surface area contributed by atoms with Crippen molar-refractivity contribution >= 4 is 6.21 Å². The fraction of sp³-hybridized carbons (Fsp3) is 0.667. The van der Waals surface area contributed by atoms with Crippen LogP contribution in [0.15, 0.2) is 16.8 Å². The summed E-state index contributed by atoms with van der Waals surface area (Å²) in [5, 5.41) is 0. The van der Waals surface area contributed by atoms with Gasteiger partial charge in [-0.15, -0.1) is 0 Å². The molecule has 1 aliphatic heterocycles. The molecule has 0 fully saturated rings. The van der Waals surface area contributed by atoms with E-state index in [2.05, 4.69) is 25.8 Å². The minimum Gasteiger partial charge on any atom is -0.476 e. The Kier molecular flexibility index (Phi) is 2.32. The molecular formula is C9H15NO. The second kappa shape index (κ2) is 3.07. The fourth-order valence-electron chi connectivity index (χ4n) is 0.980. The van der Waals surface area contributed by atoms with Gasteiger partial charge in [-0.05, 0) is 11.5 Å². The number of nitrogens with zero attached hydrogens (tertiary/aromatic N) is 1. The van der Waals surface area contributed by atoms with Crippen molar-refractivity contribution in [2.24, 2.45) is 10.4 Å². The molecule has 0 amide bonds. The zero-order valence-electron chi connectivity index (χ0n) is 7.42. The first-order chi connectivity index (χ1) is 5.08. The van der Waals surface area contributed by atoms with Gasteiger partial charge in [-0.25, -0.2) is 0 Å². The highest BCUT2D eigenvalue weighted by atomic mass is 16.5. The monoisotopic (exact) mass is 153 g/mol. The molecule has 2 nitrogen and oxygen atoms in total. The minimum absolute atomic E-state index is 0.303. The highest BCUT2D eigenvalue weighted by molar-refractivity contribution is 5.72. The van der Waals surface area contributed by atoms with Crippen molar-refractivity contribution in [2.45, 2.75) is 27.2 Å². The Morgan fingerprint density at radius 3 is 2.73 bits per heavy atom. The summed E-state index contributed by atoms with van der Waals surface area (Å²) in [4.78, 5) is 3.93. The van der Waals surface area contributed by atoms with E-state index in [1.54, 1.807) is 0 Å². The molecule has 0 unspecified atom stereocenters. The van der Waals surface area contributed by atoms with Gasteiger partial charge in [0.1, 0.15) is 5.76 Å². The maximum Gasteiger partial charge on any atom is 0.178 e. The van der Waals surface area contributed by atoms with Gasteiger partial charge >= 0.3 is 0 Å². The molecule has 0 radical (unpaired) electrons. The second-order valence-electron chi connectivity index (χ2n) is 3.98. The Hall–Kier alpha value is -0.790. The zero-order valence-corrected chi connectivity index (χ0v) is 7.42. The largest absolute Gasteiger partial charge is 0.476 e. The van der Waals surface area contributed by atoms with Crippen LogP contribution in [0.4, 0.5) is 0 Å². The Morgan fingerprint density at radius 2 is 2.27 bits per heavy atom. The number of aliphatic imine (C=N–C) groups is 1. The molecule has 0 saturated heterocycles. The van der Waals surface area contributed by atoms with Crippen LogP contribution in [-0.4, -0.2) is 12.9 Å². The number of hydrogen-bond acceptors (Lipinski definition) is 2. The van der Waals surface area contributed by atoms with Crippen LogP contribution >= 0.6 is 0 Å². The van der Waals surface area contributed by atoms with E-state index in [4.69, 9.17) is 4.74 Å². The molecule has 0 N–H and O–H groups in total. The predicted molar refractivity (Wildman–Crippen MR) is 46.6 cm³/mol. The molecule has 0 aromatic carbocycles. The average molecular weight is 153 g/mol. The van der Waals surface area contributed by atoms with Gasteiger partial charge in [0.2, 0.25) is 0 Å². The van der Waals surface area contributed by atoms with Crippen molar-refractivity contribution in [3.8, 4) is 0 Å². The van der Waals surface area contributed by atoms with Crippen molar-refractivity contribution < 1.29 is 4.74 Å². The summed E-state index contributed by atoms with van der Waals surface area (Å²) in [5.41, 5.74) is 0.303. The Morgan fingerprint density at radius 1 is 1.55 bits per heavy atom. The Balaban J connectivity index is 2.49. The van der Waals surface area contributed by atoms with Crippen molar-refractivity contribution in [1.29, 1.82) is 0 Å². The normalized spacial score (nSPS) is 17.5. The van der Waals surface area contributed by atoms with Crippen molar-refractivity contribution in [3.05, 3.63) is 11.8 Å². The summed E-state index contributed by atoms with van der Waals surface area (Å²) in [6, 6.07) is 0. The van der Waals surface area contributed by atoms with Crippen LogP contribution in [0.5, 0.6) is 0 Å². The number of allylic oxidation sites excluding steroid dienone is 2. The predicted octanol–water partition coefficient (Wildman–Crippen LogP) is 2.37. The van der Waals surface area contributed by atoms with E-state index in [1.807, 2.05) is 12.3 Å². The van der Waals surface area contributed by atoms with Crippen LogP contribution in [0.2, 0.25) is 0 Å². The lowest BCUT2D eigenvalue weighted by molar-refractivity contribution is 0.184. The topological polar surface area (TPSA) is 21.6 Å². The summed E-state index contributed by atoms with van der Waals surface area (Å²) in [5.74, 6) is 1.05. The molecule has 2 heteroatoms. The highest BCUT2D eigenvalue weighted by Crippen LogP contribution is 2.24. The van der Waals surface area contributed by atoms with Crippen LogP contribution in [0.3, 0.4) is 0 Å². The number of hydrogen-bond donors (Lipinski definition) is 0. The Labute approximate surface area is 68.0 Å². The van der Waals surface area contributed by atoms with Gasteiger partial charge in [-0.2, -0.15) is 0 Å². The third kappa shape index (κ3) is 3.21. The summed E-state index contributed by atoms with van der Waals surface area (Å²) in [6.45, 7) is 7.08. The van der Waals surface area contributed by atoms with Crippen LogP contribution in [0, 0.1) is 5.41 Å². The van der Waals surface area contributed by atoms with E-state index in [1.165, 1.54) is 0 Å². The van der Waals surface area contributed by atoms with Gasteiger partial charge in [-0.1, -0.05) is 20.8 Å². The van der Waals surface area contributed by atoms with Gasteiger partial charge in [0.05, 0.1) is 0 Å². The maximum absolute atomic E-state index is 5.32. The standard InChI is InChI=1S/C9H15NO/c1-9(2,3)6-8-4-5-10-7-11-8/h4-5H,6-7H2,1-3H3. The molecule has 0 spiro atoms. The maximum atomic E-state index is 5.32. The fourth-order valence-corrected chi connectivity index (χ4v) is 0.980. The van der Waals surface area contributed by atoms with E-state index < -0.39 is 0 Å².